The highest BCUT2D eigenvalue weighted by Crippen LogP contribution is 2.31. The van der Waals surface area contributed by atoms with E-state index in [1.54, 1.807) is 7.05 Å². The monoisotopic (exact) mass is 312 g/mol. The topological polar surface area (TPSA) is 49.4 Å². The Kier molecular flexibility index (Phi) is 4.03. The summed E-state index contributed by atoms with van der Waals surface area (Å²) in [6.45, 7) is 0.932. The van der Waals surface area contributed by atoms with Crippen molar-refractivity contribution in [3.63, 3.8) is 0 Å². The Bertz CT molecular complexity index is 625. The van der Waals surface area contributed by atoms with E-state index >= 15 is 0 Å². The molecule has 0 amide bonds. The zero-order chi connectivity index (χ0) is 15.0. The Labute approximate surface area is 125 Å². The number of nitrogens with one attached hydrogen (secondary N) is 1. The van der Waals surface area contributed by atoms with Crippen LogP contribution in [0.4, 0.5) is 4.39 Å². The third kappa shape index (κ3) is 3.62. The van der Waals surface area contributed by atoms with Crippen molar-refractivity contribution in [3.05, 3.63) is 29.6 Å². The normalized spacial score (nSPS) is 19.2. The summed E-state index contributed by atoms with van der Waals surface area (Å²) in [4.78, 5) is 0.180. The Hall–Kier alpha value is -0.980. The second-order valence-corrected chi connectivity index (χ2v) is 8.18. The Morgan fingerprint density at radius 3 is 2.62 bits per heavy atom. The zero-order valence-corrected chi connectivity index (χ0v) is 13.0. The number of halogens is 1. The van der Waals surface area contributed by atoms with Gasteiger partial charge in [0.1, 0.15) is 5.82 Å². The molecule has 116 valence electrons. The van der Waals surface area contributed by atoms with Gasteiger partial charge in [0, 0.05) is 31.7 Å². The van der Waals surface area contributed by atoms with Gasteiger partial charge in [-0.3, -0.25) is 0 Å². The minimum atomic E-state index is -3.52. The van der Waals surface area contributed by atoms with Gasteiger partial charge in [0.2, 0.25) is 10.0 Å². The van der Waals surface area contributed by atoms with Gasteiger partial charge >= 0.3 is 0 Å². The van der Waals surface area contributed by atoms with Crippen molar-refractivity contribution < 1.29 is 12.8 Å². The molecule has 0 atom stereocenters. The third-order valence-corrected chi connectivity index (χ3v) is 5.92. The Morgan fingerprint density at radius 2 is 2.00 bits per heavy atom. The van der Waals surface area contributed by atoms with Crippen LogP contribution < -0.4 is 5.32 Å². The maximum absolute atomic E-state index is 13.8. The molecule has 0 bridgehead atoms. The van der Waals surface area contributed by atoms with Crippen molar-refractivity contribution in [2.24, 2.45) is 5.92 Å². The summed E-state index contributed by atoms with van der Waals surface area (Å²) in [6.07, 6.45) is 4.42. The van der Waals surface area contributed by atoms with E-state index in [0.29, 0.717) is 30.6 Å². The summed E-state index contributed by atoms with van der Waals surface area (Å²) >= 11 is 0. The number of hydrogen-bond donors (Lipinski definition) is 1. The van der Waals surface area contributed by atoms with Crippen molar-refractivity contribution in [3.8, 4) is 0 Å². The molecule has 0 unspecified atom stereocenters. The lowest BCUT2D eigenvalue weighted by atomic mass is 10.2. The van der Waals surface area contributed by atoms with E-state index in [9.17, 15) is 12.8 Å². The summed E-state index contributed by atoms with van der Waals surface area (Å²) < 4.78 is 40.2. The van der Waals surface area contributed by atoms with E-state index in [4.69, 9.17) is 0 Å². The first-order chi connectivity index (χ1) is 9.96. The van der Waals surface area contributed by atoms with Crippen molar-refractivity contribution in [2.75, 3.05) is 13.6 Å². The molecule has 1 aromatic carbocycles. The average Bonchev–Trinajstić information content (AvgIpc) is 3.32. The van der Waals surface area contributed by atoms with Crippen LogP contribution in [0.5, 0.6) is 0 Å². The molecule has 3 rings (SSSR count). The summed E-state index contributed by atoms with van der Waals surface area (Å²) in [5, 5.41) is 3.22. The average molecular weight is 312 g/mol. The minimum Gasteiger partial charge on any atom is -0.310 e. The smallest absolute Gasteiger partial charge is 0.242 e. The number of benzene rings is 1. The van der Waals surface area contributed by atoms with Gasteiger partial charge < -0.3 is 5.32 Å². The van der Waals surface area contributed by atoms with Crippen LogP contribution in [0, 0.1) is 11.7 Å². The van der Waals surface area contributed by atoms with Gasteiger partial charge in [-0.25, -0.2) is 17.1 Å². The molecule has 0 aromatic heterocycles. The van der Waals surface area contributed by atoms with Gasteiger partial charge in [0.15, 0.2) is 0 Å². The van der Waals surface area contributed by atoms with Gasteiger partial charge in [0.05, 0.1) is 4.90 Å². The molecule has 2 aliphatic rings. The maximum Gasteiger partial charge on any atom is 0.242 e. The van der Waals surface area contributed by atoms with Gasteiger partial charge in [-0.15, -0.1) is 0 Å². The molecular weight excluding hydrogens is 291 g/mol. The summed E-state index contributed by atoms with van der Waals surface area (Å²) in [5.41, 5.74) is 0.419. The largest absolute Gasteiger partial charge is 0.310 e. The van der Waals surface area contributed by atoms with Crippen LogP contribution >= 0.6 is 0 Å². The maximum atomic E-state index is 13.8. The van der Waals surface area contributed by atoms with Crippen molar-refractivity contribution in [2.45, 2.75) is 43.2 Å². The predicted octanol–water partition coefficient (Wildman–Crippen LogP) is 2.11. The highest BCUT2D eigenvalue weighted by molar-refractivity contribution is 7.89. The van der Waals surface area contributed by atoms with Crippen LogP contribution in [-0.2, 0) is 16.6 Å². The van der Waals surface area contributed by atoms with E-state index in [0.717, 1.165) is 25.7 Å². The molecule has 2 aliphatic carbocycles. The molecule has 2 fully saturated rings. The molecule has 0 aliphatic heterocycles. The van der Waals surface area contributed by atoms with Gasteiger partial charge in [0.25, 0.3) is 0 Å². The highest BCUT2D eigenvalue weighted by atomic mass is 32.2. The summed E-state index contributed by atoms with van der Waals surface area (Å²) in [6, 6.07) is 4.53. The molecule has 6 heteroatoms. The zero-order valence-electron chi connectivity index (χ0n) is 12.2. The lowest BCUT2D eigenvalue weighted by Gasteiger charge is -2.17. The number of sulfonamides is 1. The number of nitrogens with zero attached hydrogens (tertiary/aromatic N) is 1. The summed E-state index contributed by atoms with van der Waals surface area (Å²) in [5.74, 6) is 0.133. The second kappa shape index (κ2) is 5.66. The van der Waals surface area contributed by atoms with Crippen LogP contribution in [0.2, 0.25) is 0 Å². The highest BCUT2D eigenvalue weighted by Gasteiger charge is 2.29. The molecule has 0 saturated heterocycles. The minimum absolute atomic E-state index is 0.180. The van der Waals surface area contributed by atoms with Crippen LogP contribution in [0.1, 0.15) is 31.2 Å². The number of hydrogen-bond acceptors (Lipinski definition) is 3. The first-order valence-electron chi connectivity index (χ1n) is 7.45. The van der Waals surface area contributed by atoms with Crippen LogP contribution in [0.25, 0.3) is 0 Å². The SMILES string of the molecule is CN(CC1CC1)S(=O)(=O)c1ccc(F)c(CNC2CC2)c1. The molecule has 0 heterocycles. The molecular formula is C15H21FN2O2S. The van der Waals surface area contributed by atoms with Crippen LogP contribution in [0.15, 0.2) is 23.1 Å². The van der Waals surface area contributed by atoms with E-state index in [1.165, 1.54) is 22.5 Å². The van der Waals surface area contributed by atoms with Crippen molar-refractivity contribution in [1.82, 2.24) is 9.62 Å². The second-order valence-electron chi connectivity index (χ2n) is 6.14. The quantitative estimate of drug-likeness (QED) is 0.839. The Morgan fingerprint density at radius 1 is 1.29 bits per heavy atom. The van der Waals surface area contributed by atoms with Gasteiger partial charge in [-0.05, 0) is 49.8 Å². The molecule has 0 spiro atoms. The van der Waals surface area contributed by atoms with Crippen molar-refractivity contribution >= 4 is 10.0 Å². The van der Waals surface area contributed by atoms with E-state index in [-0.39, 0.29) is 10.7 Å². The fraction of sp³-hybridized carbons (Fsp3) is 0.600. The first kappa shape index (κ1) is 14.9. The predicted molar refractivity (Wildman–Crippen MR) is 78.8 cm³/mol. The van der Waals surface area contributed by atoms with E-state index in [2.05, 4.69) is 5.32 Å². The fourth-order valence-corrected chi connectivity index (χ4v) is 3.63. The van der Waals surface area contributed by atoms with E-state index in [1.807, 2.05) is 0 Å². The Balaban J connectivity index is 1.77. The van der Waals surface area contributed by atoms with Crippen LogP contribution in [0.3, 0.4) is 0 Å². The van der Waals surface area contributed by atoms with Gasteiger partial charge in [-0.2, -0.15) is 0 Å². The molecule has 0 radical (unpaired) electrons. The van der Waals surface area contributed by atoms with E-state index < -0.39 is 10.0 Å². The molecule has 2 saturated carbocycles. The third-order valence-electron chi connectivity index (χ3n) is 4.10. The number of rotatable bonds is 7. The standard InChI is InChI=1S/C15H21FN2O2S/c1-18(10-11-2-3-11)21(19,20)14-6-7-15(16)12(8-14)9-17-13-4-5-13/h6-8,11,13,17H,2-5,9-10H2,1H3. The lowest BCUT2D eigenvalue weighted by molar-refractivity contribution is 0.452. The molecule has 21 heavy (non-hydrogen) atoms. The van der Waals surface area contributed by atoms with Gasteiger partial charge in [-0.1, -0.05) is 0 Å². The van der Waals surface area contributed by atoms with Crippen molar-refractivity contribution in [1.29, 1.82) is 0 Å². The first-order valence-corrected chi connectivity index (χ1v) is 8.89. The molecule has 1 aromatic rings. The summed E-state index contributed by atoms with van der Waals surface area (Å²) in [7, 11) is -1.92. The molecule has 4 nitrogen and oxygen atoms in total. The fourth-order valence-electron chi connectivity index (χ4n) is 2.33. The van der Waals surface area contributed by atoms with Crippen LogP contribution in [-0.4, -0.2) is 32.4 Å². The molecule has 1 N–H and O–H groups in total. The lowest BCUT2D eigenvalue weighted by Crippen LogP contribution is -2.29.